The van der Waals surface area contributed by atoms with Crippen molar-refractivity contribution in [3.05, 3.63) is 64.7 Å². The number of ketones is 1. The van der Waals surface area contributed by atoms with Crippen molar-refractivity contribution in [2.75, 3.05) is 6.54 Å². The Balaban J connectivity index is 1.53. The minimum Gasteiger partial charge on any atom is -0.350 e. The molecule has 10 heteroatoms. The summed E-state index contributed by atoms with van der Waals surface area (Å²) in [5, 5.41) is 3.12. The number of fused-ring (bicyclic) bond motifs is 1. The molecule has 0 spiro atoms. The fraction of sp³-hybridized carbons (Fsp3) is 0.333. The Labute approximate surface area is 199 Å². The van der Waals surface area contributed by atoms with Crippen molar-refractivity contribution in [3.63, 3.8) is 0 Å². The summed E-state index contributed by atoms with van der Waals surface area (Å²) in [6, 6.07) is 6.80. The zero-order valence-corrected chi connectivity index (χ0v) is 19.4. The van der Waals surface area contributed by atoms with E-state index in [1.54, 1.807) is 30.6 Å². The van der Waals surface area contributed by atoms with Gasteiger partial charge in [-0.05, 0) is 32.0 Å². The van der Waals surface area contributed by atoms with Crippen LogP contribution in [0.3, 0.4) is 0 Å². The lowest BCUT2D eigenvalue weighted by Gasteiger charge is -2.24. The summed E-state index contributed by atoms with van der Waals surface area (Å²) in [5.74, 6) is -1.90. The number of benzene rings is 1. The van der Waals surface area contributed by atoms with Crippen LogP contribution in [0.4, 0.5) is 8.78 Å². The summed E-state index contributed by atoms with van der Waals surface area (Å²) in [4.78, 5) is 43.5. The number of carbonyl (C=O) groups is 3. The normalized spacial score (nSPS) is 20.0. The number of hydrogen-bond donors (Lipinski definition) is 1. The van der Waals surface area contributed by atoms with Crippen LogP contribution < -0.4 is 5.32 Å². The van der Waals surface area contributed by atoms with Crippen molar-refractivity contribution in [1.82, 2.24) is 19.8 Å². The molecule has 0 aliphatic carbocycles. The van der Waals surface area contributed by atoms with Crippen LogP contribution >= 0.6 is 11.6 Å². The largest absolute Gasteiger partial charge is 0.350 e. The van der Waals surface area contributed by atoms with E-state index in [4.69, 9.17) is 11.6 Å². The van der Waals surface area contributed by atoms with Crippen molar-refractivity contribution in [2.45, 2.75) is 45.1 Å². The van der Waals surface area contributed by atoms with E-state index < -0.39 is 29.3 Å². The molecule has 7 nitrogen and oxygen atoms in total. The molecule has 178 valence electrons. The molecule has 1 fully saturated rings. The molecule has 2 amide bonds. The van der Waals surface area contributed by atoms with E-state index in [1.165, 1.54) is 35.4 Å². The molecular formula is C24H23ClF2N4O3. The molecule has 1 saturated heterocycles. The maximum absolute atomic E-state index is 14.9. The smallest absolute Gasteiger partial charge is 0.243 e. The summed E-state index contributed by atoms with van der Waals surface area (Å²) < 4.78 is 30.6. The molecule has 1 aliphatic rings. The van der Waals surface area contributed by atoms with Gasteiger partial charge in [0.2, 0.25) is 11.8 Å². The number of hydrogen-bond acceptors (Lipinski definition) is 4. The second-order valence-electron chi connectivity index (χ2n) is 8.69. The van der Waals surface area contributed by atoms with Crippen molar-refractivity contribution < 1.29 is 23.2 Å². The molecule has 0 bridgehead atoms. The van der Waals surface area contributed by atoms with E-state index in [2.05, 4.69) is 10.3 Å². The summed E-state index contributed by atoms with van der Waals surface area (Å²) in [7, 11) is 0. The molecule has 1 aliphatic heterocycles. The van der Waals surface area contributed by atoms with Gasteiger partial charge in [-0.3, -0.25) is 14.4 Å². The first-order chi connectivity index (χ1) is 16.1. The maximum atomic E-state index is 14.9. The first kappa shape index (κ1) is 23.8. The molecule has 0 unspecified atom stereocenters. The van der Waals surface area contributed by atoms with Crippen LogP contribution in [0, 0.1) is 5.82 Å². The number of amides is 2. The highest BCUT2D eigenvalue weighted by molar-refractivity contribution is 6.30. The van der Waals surface area contributed by atoms with E-state index in [-0.39, 0.29) is 42.4 Å². The van der Waals surface area contributed by atoms with Crippen LogP contribution in [0.25, 0.3) is 11.0 Å². The molecule has 1 N–H and O–H groups in total. The van der Waals surface area contributed by atoms with Crippen LogP contribution in [0.2, 0.25) is 5.02 Å². The number of aromatic nitrogens is 2. The van der Waals surface area contributed by atoms with Crippen molar-refractivity contribution in [2.24, 2.45) is 0 Å². The predicted molar refractivity (Wildman–Crippen MR) is 123 cm³/mol. The maximum Gasteiger partial charge on any atom is 0.243 e. The molecule has 4 rings (SSSR count). The average Bonchev–Trinajstić information content (AvgIpc) is 3.32. The van der Waals surface area contributed by atoms with Crippen molar-refractivity contribution >= 4 is 40.2 Å². The third-order valence-electron chi connectivity index (χ3n) is 5.92. The number of nitrogens with zero attached hydrogens (tertiary/aromatic N) is 3. The highest BCUT2D eigenvalue weighted by Gasteiger charge is 2.46. The van der Waals surface area contributed by atoms with Gasteiger partial charge in [-0.1, -0.05) is 23.7 Å². The van der Waals surface area contributed by atoms with Gasteiger partial charge in [0.15, 0.2) is 5.78 Å². The van der Waals surface area contributed by atoms with Crippen molar-refractivity contribution in [3.8, 4) is 0 Å². The van der Waals surface area contributed by atoms with Crippen LogP contribution in [-0.2, 0) is 22.7 Å². The molecule has 2 aromatic heterocycles. The standard InChI is InChI=1S/C24H23ClF2N4O3/c1-14(32)17-11-30(22-16(17)6-4-8-28-22)12-20(33)31-13-24(2,27)9-19(31)23(34)29-10-15-5-3-7-18(25)21(15)26/h3-8,11,19H,9-10,12-13H2,1-2H3,(H,29,34)/t19-,24+/m0/s1. The zero-order chi connectivity index (χ0) is 24.6. The van der Waals surface area contributed by atoms with Crippen LogP contribution in [0.5, 0.6) is 0 Å². The Morgan fingerprint density at radius 2 is 2.03 bits per heavy atom. The number of alkyl halides is 1. The van der Waals surface area contributed by atoms with Gasteiger partial charge in [0.05, 0.1) is 11.6 Å². The predicted octanol–water partition coefficient (Wildman–Crippen LogP) is 3.68. The Bertz CT molecular complexity index is 1290. The van der Waals surface area contributed by atoms with Gasteiger partial charge in [0.1, 0.15) is 29.7 Å². The fourth-order valence-corrected chi connectivity index (χ4v) is 4.48. The van der Waals surface area contributed by atoms with Gasteiger partial charge in [-0.25, -0.2) is 13.8 Å². The highest BCUT2D eigenvalue weighted by atomic mass is 35.5. The van der Waals surface area contributed by atoms with Crippen LogP contribution in [0.1, 0.15) is 36.2 Å². The minimum atomic E-state index is -1.76. The third kappa shape index (κ3) is 4.65. The van der Waals surface area contributed by atoms with Gasteiger partial charge in [-0.15, -0.1) is 0 Å². The molecular weight excluding hydrogens is 466 g/mol. The summed E-state index contributed by atoms with van der Waals surface area (Å²) in [6.07, 6.45) is 2.90. The Kier molecular flexibility index (Phi) is 6.40. The number of Topliss-reactive ketones (excluding diaryl/α,β-unsaturated/α-hetero) is 1. The van der Waals surface area contributed by atoms with E-state index in [9.17, 15) is 23.2 Å². The molecule has 3 aromatic rings. The van der Waals surface area contributed by atoms with E-state index >= 15 is 0 Å². The Hall–Kier alpha value is -3.33. The minimum absolute atomic E-state index is 0.0711. The number of nitrogens with one attached hydrogen (secondary N) is 1. The number of likely N-dealkylation sites (tertiary alicyclic amines) is 1. The number of halogens is 3. The first-order valence-electron chi connectivity index (χ1n) is 10.7. The lowest BCUT2D eigenvalue weighted by Crippen LogP contribution is -2.46. The van der Waals surface area contributed by atoms with Crippen molar-refractivity contribution in [1.29, 1.82) is 0 Å². The zero-order valence-electron chi connectivity index (χ0n) is 18.6. The SMILES string of the molecule is CC(=O)c1cn(CC(=O)N2C[C@](C)(F)C[C@H]2C(=O)NCc2cccc(Cl)c2F)c2ncccc12. The monoisotopic (exact) mass is 488 g/mol. The van der Waals surface area contributed by atoms with Gasteiger partial charge in [-0.2, -0.15) is 0 Å². The summed E-state index contributed by atoms with van der Waals surface area (Å²) >= 11 is 5.78. The fourth-order valence-electron chi connectivity index (χ4n) is 4.28. The molecule has 0 saturated carbocycles. The first-order valence-corrected chi connectivity index (χ1v) is 11.1. The van der Waals surface area contributed by atoms with Gasteiger partial charge in [0, 0.05) is 41.9 Å². The molecule has 3 heterocycles. The summed E-state index contributed by atoms with van der Waals surface area (Å²) in [6.45, 7) is 2.12. The second-order valence-corrected chi connectivity index (χ2v) is 9.09. The van der Waals surface area contributed by atoms with Gasteiger partial charge in [0.25, 0.3) is 0 Å². The molecule has 0 radical (unpaired) electrons. The summed E-state index contributed by atoms with van der Waals surface area (Å²) in [5.41, 5.74) is -0.715. The molecule has 2 atom stereocenters. The Morgan fingerprint density at radius 3 is 2.76 bits per heavy atom. The van der Waals surface area contributed by atoms with E-state index in [0.717, 1.165) is 0 Å². The number of pyridine rings is 1. The lowest BCUT2D eigenvalue weighted by atomic mass is 10.0. The number of carbonyl (C=O) groups excluding carboxylic acids is 3. The quantitative estimate of drug-likeness (QED) is 0.536. The van der Waals surface area contributed by atoms with Crippen LogP contribution in [0.15, 0.2) is 42.7 Å². The van der Waals surface area contributed by atoms with Gasteiger partial charge < -0.3 is 14.8 Å². The van der Waals surface area contributed by atoms with Crippen LogP contribution in [-0.4, -0.2) is 50.3 Å². The Morgan fingerprint density at radius 1 is 1.26 bits per heavy atom. The molecule has 34 heavy (non-hydrogen) atoms. The molecule has 1 aromatic carbocycles. The lowest BCUT2D eigenvalue weighted by molar-refractivity contribution is -0.139. The topological polar surface area (TPSA) is 84.3 Å². The van der Waals surface area contributed by atoms with Gasteiger partial charge >= 0.3 is 0 Å². The average molecular weight is 489 g/mol. The van der Waals surface area contributed by atoms with E-state index in [1.807, 2.05) is 0 Å². The second kappa shape index (κ2) is 9.13. The third-order valence-corrected chi connectivity index (χ3v) is 6.21. The van der Waals surface area contributed by atoms with E-state index in [0.29, 0.717) is 16.6 Å². The highest BCUT2D eigenvalue weighted by Crippen LogP contribution is 2.31. The number of rotatable bonds is 6.